The van der Waals surface area contributed by atoms with Crippen molar-refractivity contribution in [1.82, 2.24) is 5.43 Å². The predicted molar refractivity (Wildman–Crippen MR) is 101 cm³/mol. The van der Waals surface area contributed by atoms with Gasteiger partial charge in [-0.15, -0.1) is 0 Å². The molecule has 0 unspecified atom stereocenters. The van der Waals surface area contributed by atoms with E-state index in [0.29, 0.717) is 20.7 Å². The summed E-state index contributed by atoms with van der Waals surface area (Å²) in [6, 6.07) is 8.38. The van der Waals surface area contributed by atoms with E-state index >= 15 is 0 Å². The summed E-state index contributed by atoms with van der Waals surface area (Å²) in [5, 5.41) is 18.2. The molecule has 0 saturated carbocycles. The molecule has 0 heterocycles. The Bertz CT molecular complexity index is 781. The predicted octanol–water partition coefficient (Wildman–Crippen LogP) is 4.98. The molecule has 0 aliphatic rings. The van der Waals surface area contributed by atoms with Gasteiger partial charge in [-0.25, -0.2) is 0 Å². The Morgan fingerprint density at radius 3 is 2.61 bits per heavy atom. The number of nitrogens with zero attached hydrogens (tertiary/aromatic N) is 1. The number of anilines is 1. The molecule has 0 aromatic heterocycles. The lowest BCUT2D eigenvalue weighted by Gasteiger charge is -2.10. The zero-order valence-corrected chi connectivity index (χ0v) is 15.0. The number of hydrogen-bond donors (Lipinski definition) is 3. The van der Waals surface area contributed by atoms with E-state index < -0.39 is 0 Å². The molecule has 0 fully saturated rings. The quantitative estimate of drug-likeness (QED) is 0.394. The van der Waals surface area contributed by atoms with Crippen LogP contribution in [0.5, 0.6) is 5.75 Å². The molecule has 8 heteroatoms. The Morgan fingerprint density at radius 1 is 1.17 bits per heavy atom. The first kappa shape index (κ1) is 17.8. The van der Waals surface area contributed by atoms with E-state index in [0.717, 1.165) is 11.3 Å². The van der Waals surface area contributed by atoms with Gasteiger partial charge in [0.1, 0.15) is 5.75 Å². The lowest BCUT2D eigenvalue weighted by atomic mass is 10.2. The van der Waals surface area contributed by atoms with Crippen LogP contribution in [0.3, 0.4) is 0 Å². The summed E-state index contributed by atoms with van der Waals surface area (Å²) in [7, 11) is 0. The van der Waals surface area contributed by atoms with Crippen molar-refractivity contribution >= 4 is 64.0 Å². The molecule has 0 spiro atoms. The lowest BCUT2D eigenvalue weighted by molar-refractivity contribution is 0.474. The summed E-state index contributed by atoms with van der Waals surface area (Å²) in [6.45, 7) is 1.91. The highest BCUT2D eigenvalue weighted by Crippen LogP contribution is 2.29. The van der Waals surface area contributed by atoms with Crippen molar-refractivity contribution in [2.75, 3.05) is 5.32 Å². The Kier molecular flexibility index (Phi) is 6.07. The molecular formula is C15H12Cl3N3OS. The van der Waals surface area contributed by atoms with Gasteiger partial charge in [0.25, 0.3) is 0 Å². The molecule has 0 aliphatic carbocycles. The van der Waals surface area contributed by atoms with E-state index in [-0.39, 0.29) is 10.8 Å². The first-order chi connectivity index (χ1) is 10.9. The topological polar surface area (TPSA) is 56.7 Å². The zero-order chi connectivity index (χ0) is 17.0. The summed E-state index contributed by atoms with van der Waals surface area (Å²) in [5.41, 5.74) is 4.79. The number of aromatic hydroxyl groups is 1. The number of rotatable bonds is 3. The van der Waals surface area contributed by atoms with Gasteiger partial charge in [0, 0.05) is 21.3 Å². The average molecular weight is 389 g/mol. The van der Waals surface area contributed by atoms with Crippen LogP contribution in [0.1, 0.15) is 11.1 Å². The maximum atomic E-state index is 9.81. The maximum absolute atomic E-state index is 9.81. The van der Waals surface area contributed by atoms with Crippen molar-refractivity contribution in [3.05, 3.63) is 56.5 Å². The molecule has 0 amide bonds. The second-order valence-corrected chi connectivity index (χ2v) is 6.30. The van der Waals surface area contributed by atoms with Gasteiger partial charge in [-0.3, -0.25) is 5.43 Å². The number of hydrogen-bond acceptors (Lipinski definition) is 3. The van der Waals surface area contributed by atoms with Crippen molar-refractivity contribution in [3.8, 4) is 5.75 Å². The van der Waals surface area contributed by atoms with E-state index in [9.17, 15) is 5.11 Å². The molecule has 4 nitrogen and oxygen atoms in total. The van der Waals surface area contributed by atoms with Gasteiger partial charge in [-0.2, -0.15) is 5.10 Å². The van der Waals surface area contributed by atoms with Crippen LogP contribution in [0.4, 0.5) is 5.69 Å². The smallest absolute Gasteiger partial charge is 0.191 e. The summed E-state index contributed by atoms with van der Waals surface area (Å²) >= 11 is 22.8. The van der Waals surface area contributed by atoms with Crippen LogP contribution in [-0.2, 0) is 0 Å². The third-order valence-corrected chi connectivity index (χ3v) is 3.80. The van der Waals surface area contributed by atoms with Gasteiger partial charge in [-0.1, -0.05) is 34.8 Å². The second kappa shape index (κ2) is 7.84. The SMILES string of the molecule is Cc1cc(Cl)ccc1NC(=S)N/N=C/c1cc(Cl)cc(Cl)c1O. The third kappa shape index (κ3) is 4.97. The molecule has 2 aromatic rings. The highest BCUT2D eigenvalue weighted by Gasteiger charge is 2.06. The number of phenols is 1. The minimum atomic E-state index is -0.103. The third-order valence-electron chi connectivity index (χ3n) is 2.86. The van der Waals surface area contributed by atoms with Crippen molar-refractivity contribution in [3.63, 3.8) is 0 Å². The molecule has 120 valence electrons. The fourth-order valence-corrected chi connectivity index (χ4v) is 2.66. The molecular weight excluding hydrogens is 377 g/mol. The van der Waals surface area contributed by atoms with Crippen LogP contribution in [0.15, 0.2) is 35.4 Å². The number of nitrogens with one attached hydrogen (secondary N) is 2. The standard InChI is InChI=1S/C15H12Cl3N3OS/c1-8-4-10(16)2-3-13(8)20-15(23)21-19-7-9-5-11(17)6-12(18)14(9)22/h2-7,22H,1H3,(H2,20,21,23)/b19-7+. The fourth-order valence-electron chi connectivity index (χ4n) is 1.76. The van der Waals surface area contributed by atoms with Gasteiger partial charge in [-0.05, 0) is 55.0 Å². The molecule has 0 saturated heterocycles. The molecule has 0 aliphatic heterocycles. The minimum Gasteiger partial charge on any atom is -0.506 e. The summed E-state index contributed by atoms with van der Waals surface area (Å²) in [5.74, 6) is -0.103. The van der Waals surface area contributed by atoms with Crippen molar-refractivity contribution < 1.29 is 5.11 Å². The Balaban J connectivity index is 2.02. The van der Waals surface area contributed by atoms with Gasteiger partial charge < -0.3 is 10.4 Å². The van der Waals surface area contributed by atoms with Crippen LogP contribution < -0.4 is 10.7 Å². The molecule has 2 rings (SSSR count). The van der Waals surface area contributed by atoms with Gasteiger partial charge in [0.15, 0.2) is 5.11 Å². The Morgan fingerprint density at radius 2 is 1.91 bits per heavy atom. The molecule has 3 N–H and O–H groups in total. The first-order valence-corrected chi connectivity index (χ1v) is 7.95. The normalized spacial score (nSPS) is 10.8. The van der Waals surface area contributed by atoms with Crippen LogP contribution in [0.2, 0.25) is 15.1 Å². The minimum absolute atomic E-state index is 0.103. The number of benzene rings is 2. The summed E-state index contributed by atoms with van der Waals surface area (Å²) < 4.78 is 0. The average Bonchev–Trinajstić information content (AvgIpc) is 2.47. The van der Waals surface area contributed by atoms with E-state index in [1.165, 1.54) is 18.3 Å². The van der Waals surface area contributed by atoms with E-state index in [2.05, 4.69) is 15.8 Å². The van der Waals surface area contributed by atoms with E-state index in [4.69, 9.17) is 47.0 Å². The second-order valence-electron chi connectivity index (χ2n) is 4.61. The van der Waals surface area contributed by atoms with Gasteiger partial charge in [0.2, 0.25) is 0 Å². The number of thiocarbonyl (C=S) groups is 1. The fraction of sp³-hybridized carbons (Fsp3) is 0.0667. The van der Waals surface area contributed by atoms with Crippen molar-refractivity contribution in [2.45, 2.75) is 6.92 Å². The lowest BCUT2D eigenvalue weighted by Crippen LogP contribution is -2.24. The monoisotopic (exact) mass is 387 g/mol. The molecule has 23 heavy (non-hydrogen) atoms. The van der Waals surface area contributed by atoms with E-state index in [1.54, 1.807) is 6.07 Å². The van der Waals surface area contributed by atoms with Gasteiger partial charge in [0.05, 0.1) is 11.2 Å². The van der Waals surface area contributed by atoms with Gasteiger partial charge >= 0.3 is 0 Å². The highest BCUT2D eigenvalue weighted by molar-refractivity contribution is 7.80. The molecule has 2 aromatic carbocycles. The Labute approximate surface area is 154 Å². The summed E-state index contributed by atoms with van der Waals surface area (Å²) in [6.07, 6.45) is 1.37. The first-order valence-electron chi connectivity index (χ1n) is 6.41. The highest BCUT2D eigenvalue weighted by atomic mass is 35.5. The number of phenolic OH excluding ortho intramolecular Hbond substituents is 1. The molecule has 0 bridgehead atoms. The number of halogens is 3. The van der Waals surface area contributed by atoms with Crippen LogP contribution >= 0.6 is 47.0 Å². The molecule has 0 radical (unpaired) electrons. The summed E-state index contributed by atoms with van der Waals surface area (Å²) in [4.78, 5) is 0. The van der Waals surface area contributed by atoms with Crippen molar-refractivity contribution in [2.24, 2.45) is 5.10 Å². The maximum Gasteiger partial charge on any atom is 0.191 e. The number of hydrazone groups is 1. The number of aryl methyl sites for hydroxylation is 1. The van der Waals surface area contributed by atoms with Crippen LogP contribution in [-0.4, -0.2) is 16.4 Å². The Hall–Kier alpha value is -1.53. The van der Waals surface area contributed by atoms with Crippen molar-refractivity contribution in [1.29, 1.82) is 0 Å². The zero-order valence-electron chi connectivity index (χ0n) is 11.9. The van der Waals surface area contributed by atoms with Crippen LogP contribution in [0.25, 0.3) is 0 Å². The molecule has 0 atom stereocenters. The van der Waals surface area contributed by atoms with E-state index in [1.807, 2.05) is 19.1 Å². The van der Waals surface area contributed by atoms with Crippen LogP contribution in [0, 0.1) is 6.92 Å². The largest absolute Gasteiger partial charge is 0.506 e.